The van der Waals surface area contributed by atoms with Crippen LogP contribution in [0.15, 0.2) is 24.5 Å². The third kappa shape index (κ3) is 1.38. The zero-order valence-corrected chi connectivity index (χ0v) is 7.09. The standard InChI is InChI=1S/C8H11N3O2/c9-5-7-6-11(8(12)13-7)10-3-1-2-4-10/h1-4,7H,5-6,9H2. The Hall–Kier alpha value is -1.49. The van der Waals surface area contributed by atoms with Gasteiger partial charge >= 0.3 is 6.09 Å². The van der Waals surface area contributed by atoms with E-state index in [1.165, 1.54) is 5.01 Å². The van der Waals surface area contributed by atoms with Crippen LogP contribution in [0.1, 0.15) is 0 Å². The van der Waals surface area contributed by atoms with Gasteiger partial charge in [0.1, 0.15) is 6.10 Å². The molecule has 0 aliphatic carbocycles. The topological polar surface area (TPSA) is 60.5 Å². The van der Waals surface area contributed by atoms with Crippen LogP contribution in [0.5, 0.6) is 0 Å². The molecule has 1 aromatic rings. The van der Waals surface area contributed by atoms with Gasteiger partial charge in [-0.1, -0.05) is 0 Å². The second-order valence-electron chi connectivity index (χ2n) is 2.89. The van der Waals surface area contributed by atoms with Gasteiger partial charge in [-0.2, -0.15) is 0 Å². The number of cyclic esters (lactones) is 1. The van der Waals surface area contributed by atoms with Crippen LogP contribution in [-0.2, 0) is 4.74 Å². The first-order valence-electron chi connectivity index (χ1n) is 4.12. The molecule has 2 rings (SSSR count). The van der Waals surface area contributed by atoms with E-state index < -0.39 is 0 Å². The van der Waals surface area contributed by atoms with Crippen molar-refractivity contribution in [2.75, 3.05) is 18.1 Å². The fourth-order valence-corrected chi connectivity index (χ4v) is 1.31. The number of carbonyl (C=O) groups is 1. The van der Waals surface area contributed by atoms with Gasteiger partial charge < -0.3 is 10.5 Å². The number of carbonyl (C=O) groups excluding carboxylic acids is 1. The van der Waals surface area contributed by atoms with Gasteiger partial charge in [0.15, 0.2) is 0 Å². The molecule has 2 heterocycles. The molecule has 0 saturated carbocycles. The fourth-order valence-electron chi connectivity index (χ4n) is 1.31. The highest BCUT2D eigenvalue weighted by atomic mass is 16.6. The van der Waals surface area contributed by atoms with Gasteiger partial charge in [-0.3, -0.25) is 4.68 Å². The highest BCUT2D eigenvalue weighted by Gasteiger charge is 2.30. The number of hydrogen-bond acceptors (Lipinski definition) is 3. The third-order valence-electron chi connectivity index (χ3n) is 1.99. The second-order valence-corrected chi connectivity index (χ2v) is 2.89. The van der Waals surface area contributed by atoms with E-state index in [2.05, 4.69) is 0 Å². The second kappa shape index (κ2) is 3.10. The molecule has 1 fully saturated rings. The fraction of sp³-hybridized carbons (Fsp3) is 0.375. The Bertz CT molecular complexity index is 296. The Kier molecular flexibility index (Phi) is 1.94. The number of ether oxygens (including phenoxy) is 1. The van der Waals surface area contributed by atoms with Crippen LogP contribution >= 0.6 is 0 Å². The molecule has 1 aliphatic heterocycles. The van der Waals surface area contributed by atoms with E-state index in [1.54, 1.807) is 17.1 Å². The van der Waals surface area contributed by atoms with E-state index >= 15 is 0 Å². The van der Waals surface area contributed by atoms with Crippen LogP contribution in [0, 0.1) is 0 Å². The SMILES string of the molecule is NCC1CN(n2cccc2)C(=O)O1. The smallest absolute Gasteiger partial charge is 0.429 e. The summed E-state index contributed by atoms with van der Waals surface area (Å²) in [5.74, 6) is 0. The molecule has 0 aromatic carbocycles. The third-order valence-corrected chi connectivity index (χ3v) is 1.99. The molecule has 1 aromatic heterocycles. The van der Waals surface area contributed by atoms with Gasteiger partial charge in [-0.15, -0.1) is 0 Å². The quantitative estimate of drug-likeness (QED) is 0.693. The lowest BCUT2D eigenvalue weighted by atomic mass is 10.4. The summed E-state index contributed by atoms with van der Waals surface area (Å²) in [6.45, 7) is 0.882. The zero-order valence-electron chi connectivity index (χ0n) is 7.09. The van der Waals surface area contributed by atoms with Crippen molar-refractivity contribution < 1.29 is 9.53 Å². The maximum Gasteiger partial charge on any atom is 0.429 e. The molecule has 0 spiro atoms. The Morgan fingerprint density at radius 1 is 1.54 bits per heavy atom. The molecule has 5 heteroatoms. The predicted molar refractivity (Wildman–Crippen MR) is 46.8 cm³/mol. The lowest BCUT2D eigenvalue weighted by Gasteiger charge is -2.13. The predicted octanol–water partition coefficient (Wildman–Crippen LogP) is -0.0964. The molecule has 0 bridgehead atoms. The van der Waals surface area contributed by atoms with Crippen molar-refractivity contribution in [3.8, 4) is 0 Å². The van der Waals surface area contributed by atoms with Crippen LogP contribution in [0.25, 0.3) is 0 Å². The van der Waals surface area contributed by atoms with E-state index in [0.29, 0.717) is 13.1 Å². The lowest BCUT2D eigenvalue weighted by Crippen LogP contribution is -2.35. The summed E-state index contributed by atoms with van der Waals surface area (Å²) in [4.78, 5) is 11.3. The largest absolute Gasteiger partial charge is 0.442 e. The van der Waals surface area contributed by atoms with E-state index in [1.807, 2.05) is 12.1 Å². The number of hydrogen-bond donors (Lipinski definition) is 1. The van der Waals surface area contributed by atoms with E-state index in [-0.39, 0.29) is 12.2 Å². The first-order chi connectivity index (χ1) is 6.31. The summed E-state index contributed by atoms with van der Waals surface area (Å²) in [6, 6.07) is 3.70. The minimum absolute atomic E-state index is 0.185. The molecular weight excluding hydrogens is 170 g/mol. The van der Waals surface area contributed by atoms with E-state index in [0.717, 1.165) is 0 Å². The summed E-state index contributed by atoms with van der Waals surface area (Å²) in [7, 11) is 0. The average Bonchev–Trinajstić information content (AvgIpc) is 2.72. The van der Waals surface area contributed by atoms with Crippen molar-refractivity contribution in [3.05, 3.63) is 24.5 Å². The van der Waals surface area contributed by atoms with E-state index in [4.69, 9.17) is 10.5 Å². The molecule has 1 atom stereocenters. The molecule has 1 aliphatic rings. The Balaban J connectivity index is 2.14. The zero-order chi connectivity index (χ0) is 9.26. The number of nitrogens with zero attached hydrogens (tertiary/aromatic N) is 2. The number of nitrogens with two attached hydrogens (primary N) is 1. The molecule has 0 radical (unpaired) electrons. The number of aromatic nitrogens is 1. The summed E-state index contributed by atoms with van der Waals surface area (Å²) < 4.78 is 6.68. The van der Waals surface area contributed by atoms with Gasteiger partial charge in [0.25, 0.3) is 0 Å². The molecule has 1 amide bonds. The van der Waals surface area contributed by atoms with Gasteiger partial charge in [0.05, 0.1) is 6.54 Å². The van der Waals surface area contributed by atoms with Gasteiger partial charge in [-0.05, 0) is 12.1 Å². The molecule has 70 valence electrons. The molecule has 13 heavy (non-hydrogen) atoms. The minimum atomic E-state index is -0.341. The number of rotatable bonds is 2. The monoisotopic (exact) mass is 181 g/mol. The maximum absolute atomic E-state index is 11.3. The molecule has 1 unspecified atom stereocenters. The van der Waals surface area contributed by atoms with Gasteiger partial charge in [0.2, 0.25) is 0 Å². The van der Waals surface area contributed by atoms with Crippen LogP contribution in [0.2, 0.25) is 0 Å². The maximum atomic E-state index is 11.3. The van der Waals surface area contributed by atoms with Crippen LogP contribution in [0.3, 0.4) is 0 Å². The Labute approximate surface area is 75.6 Å². The molecule has 2 N–H and O–H groups in total. The molecule has 5 nitrogen and oxygen atoms in total. The van der Waals surface area contributed by atoms with Crippen LogP contribution in [-0.4, -0.2) is 30.0 Å². The summed E-state index contributed by atoms with van der Waals surface area (Å²) in [5, 5.41) is 1.51. The molecule has 1 saturated heterocycles. The van der Waals surface area contributed by atoms with E-state index in [9.17, 15) is 4.79 Å². The highest BCUT2D eigenvalue weighted by molar-refractivity contribution is 5.80. The van der Waals surface area contributed by atoms with Crippen molar-refractivity contribution >= 4 is 6.09 Å². The summed E-state index contributed by atoms with van der Waals surface area (Å²) in [5.41, 5.74) is 5.40. The molecular formula is C8H11N3O2. The van der Waals surface area contributed by atoms with Crippen molar-refractivity contribution in [2.45, 2.75) is 6.10 Å². The number of amides is 1. The van der Waals surface area contributed by atoms with Crippen LogP contribution in [0.4, 0.5) is 4.79 Å². The average molecular weight is 181 g/mol. The minimum Gasteiger partial charge on any atom is -0.442 e. The lowest BCUT2D eigenvalue weighted by molar-refractivity contribution is 0.144. The normalized spacial score (nSPS) is 22.1. The van der Waals surface area contributed by atoms with Crippen molar-refractivity contribution in [3.63, 3.8) is 0 Å². The van der Waals surface area contributed by atoms with Gasteiger partial charge in [0, 0.05) is 18.9 Å². The Morgan fingerprint density at radius 3 is 2.77 bits per heavy atom. The van der Waals surface area contributed by atoms with Crippen LogP contribution < -0.4 is 10.7 Å². The van der Waals surface area contributed by atoms with Crippen molar-refractivity contribution in [2.24, 2.45) is 5.73 Å². The van der Waals surface area contributed by atoms with Crippen molar-refractivity contribution in [1.82, 2.24) is 4.68 Å². The highest BCUT2D eigenvalue weighted by Crippen LogP contribution is 2.09. The summed E-state index contributed by atoms with van der Waals surface area (Å²) in [6.07, 6.45) is 3.06. The first kappa shape index (κ1) is 8.12. The first-order valence-corrected chi connectivity index (χ1v) is 4.12. The summed E-state index contributed by atoms with van der Waals surface area (Å²) >= 11 is 0. The van der Waals surface area contributed by atoms with Crippen molar-refractivity contribution in [1.29, 1.82) is 0 Å². The van der Waals surface area contributed by atoms with Gasteiger partial charge in [-0.25, -0.2) is 9.80 Å². The Morgan fingerprint density at radius 2 is 2.23 bits per heavy atom.